The number of rotatable bonds is 1. The van der Waals surface area contributed by atoms with Crippen LogP contribution >= 0.6 is 11.6 Å². The third kappa shape index (κ3) is 8.35. The normalized spacial score (nSPS) is 8.07. The summed E-state index contributed by atoms with van der Waals surface area (Å²) in [7, 11) is 0. The van der Waals surface area contributed by atoms with E-state index in [-0.39, 0.29) is 0 Å². The van der Waals surface area contributed by atoms with Gasteiger partial charge in [-0.1, -0.05) is 18.2 Å². The van der Waals surface area contributed by atoms with Crippen molar-refractivity contribution in [3.05, 3.63) is 30.3 Å². The number of nitrogens with two attached hydrogens (primary N) is 1. The maximum atomic E-state index is 10.2. The monoisotopic (exact) mass is 217 g/mol. The van der Waals surface area contributed by atoms with Crippen molar-refractivity contribution in [2.24, 2.45) is 5.73 Å². The molecular formula is C8H8ClNO4. The van der Waals surface area contributed by atoms with E-state index in [9.17, 15) is 4.79 Å². The van der Waals surface area contributed by atoms with Gasteiger partial charge in [0.05, 0.1) is 0 Å². The Morgan fingerprint density at radius 1 is 1.29 bits per heavy atom. The summed E-state index contributed by atoms with van der Waals surface area (Å²) in [6.45, 7) is 0. The maximum absolute atomic E-state index is 10.2. The summed E-state index contributed by atoms with van der Waals surface area (Å²) in [5, 5.41) is 7.19. The molecule has 0 heterocycles. The van der Waals surface area contributed by atoms with Gasteiger partial charge in [-0.3, -0.25) is 0 Å². The van der Waals surface area contributed by atoms with E-state index in [1.165, 1.54) is 0 Å². The Morgan fingerprint density at radius 2 is 1.71 bits per heavy atom. The van der Waals surface area contributed by atoms with Crippen molar-refractivity contribution >= 4 is 23.1 Å². The Balaban J connectivity index is 0.000000364. The fourth-order valence-electron chi connectivity index (χ4n) is 0.581. The summed E-state index contributed by atoms with van der Waals surface area (Å²) in [6.07, 6.45) is -1.33. The highest BCUT2D eigenvalue weighted by Crippen LogP contribution is 2.09. The van der Waals surface area contributed by atoms with Gasteiger partial charge in [0.2, 0.25) is 0 Å². The molecule has 0 aliphatic carbocycles. The quantitative estimate of drug-likeness (QED) is 0.705. The highest BCUT2D eigenvalue weighted by Gasteiger charge is 1.95. The second-order valence-electron chi connectivity index (χ2n) is 1.99. The van der Waals surface area contributed by atoms with Crippen molar-refractivity contribution < 1.29 is 19.4 Å². The molecule has 0 unspecified atom stereocenters. The molecule has 1 amide bonds. The number of amides is 1. The van der Waals surface area contributed by atoms with Crippen LogP contribution in [0.1, 0.15) is 0 Å². The molecule has 76 valence electrons. The predicted molar refractivity (Wildman–Crippen MR) is 50.5 cm³/mol. The number of primary amides is 1. The van der Waals surface area contributed by atoms with Gasteiger partial charge in [-0.05, 0) is 12.1 Å². The number of benzene rings is 1. The molecule has 3 N–H and O–H groups in total. The van der Waals surface area contributed by atoms with Gasteiger partial charge in [0.15, 0.2) is 0 Å². The van der Waals surface area contributed by atoms with Crippen LogP contribution in [0.25, 0.3) is 0 Å². The average molecular weight is 218 g/mol. The lowest BCUT2D eigenvalue weighted by Gasteiger charge is -1.95. The minimum atomic E-state index is -1.33. The number of hydrogen-bond donors (Lipinski definition) is 2. The Kier molecular flexibility index (Phi) is 5.89. The van der Waals surface area contributed by atoms with Crippen LogP contribution in [0.4, 0.5) is 9.59 Å². The SMILES string of the molecule is NC(=O)O.O=C(Cl)Oc1ccccc1. The summed E-state index contributed by atoms with van der Waals surface area (Å²) in [6, 6.07) is 8.65. The molecule has 0 fully saturated rings. The molecule has 0 atom stereocenters. The zero-order valence-corrected chi connectivity index (χ0v) is 7.77. The van der Waals surface area contributed by atoms with Crippen LogP contribution in [-0.4, -0.2) is 16.6 Å². The number of carboxylic acid groups (broad SMARTS) is 1. The lowest BCUT2D eigenvalue weighted by atomic mass is 10.3. The fraction of sp³-hybridized carbons (Fsp3) is 0. The highest BCUT2D eigenvalue weighted by molar-refractivity contribution is 6.61. The number of ether oxygens (including phenoxy) is 1. The van der Waals surface area contributed by atoms with Gasteiger partial charge in [0.1, 0.15) is 5.75 Å². The lowest BCUT2D eigenvalue weighted by molar-refractivity contribution is 0.205. The van der Waals surface area contributed by atoms with Crippen LogP contribution in [0.3, 0.4) is 0 Å². The molecule has 1 aromatic rings. The number of para-hydroxylation sites is 1. The molecule has 6 heteroatoms. The van der Waals surface area contributed by atoms with Gasteiger partial charge < -0.3 is 15.6 Å². The first-order valence-electron chi connectivity index (χ1n) is 3.43. The third-order valence-electron chi connectivity index (χ3n) is 0.941. The number of carbonyl (C=O) groups is 2. The van der Waals surface area contributed by atoms with E-state index < -0.39 is 11.5 Å². The largest absolute Gasteiger partial charge is 0.465 e. The van der Waals surface area contributed by atoms with Crippen molar-refractivity contribution in [2.75, 3.05) is 0 Å². The van der Waals surface area contributed by atoms with E-state index in [0.29, 0.717) is 5.75 Å². The molecule has 0 saturated heterocycles. The molecule has 0 aliphatic heterocycles. The van der Waals surface area contributed by atoms with Crippen LogP contribution < -0.4 is 10.5 Å². The van der Waals surface area contributed by atoms with Crippen LogP contribution in [0, 0.1) is 0 Å². The highest BCUT2D eigenvalue weighted by atomic mass is 35.5. The zero-order valence-electron chi connectivity index (χ0n) is 7.01. The number of hydrogen-bond acceptors (Lipinski definition) is 3. The van der Waals surface area contributed by atoms with E-state index in [1.54, 1.807) is 24.3 Å². The van der Waals surface area contributed by atoms with Crippen molar-refractivity contribution in [3.63, 3.8) is 0 Å². The summed E-state index contributed by atoms with van der Waals surface area (Å²) in [4.78, 5) is 18.9. The summed E-state index contributed by atoms with van der Waals surface area (Å²) >= 11 is 4.95. The van der Waals surface area contributed by atoms with Crippen LogP contribution in [0.2, 0.25) is 0 Å². The van der Waals surface area contributed by atoms with Crippen molar-refractivity contribution in [1.82, 2.24) is 0 Å². The van der Waals surface area contributed by atoms with Crippen molar-refractivity contribution in [2.45, 2.75) is 0 Å². The van der Waals surface area contributed by atoms with Gasteiger partial charge >= 0.3 is 11.5 Å². The first-order chi connectivity index (χ1) is 6.52. The molecule has 14 heavy (non-hydrogen) atoms. The van der Waals surface area contributed by atoms with E-state index in [0.717, 1.165) is 0 Å². The molecule has 0 spiro atoms. The molecule has 0 aliphatic rings. The van der Waals surface area contributed by atoms with Crippen LogP contribution in [0.5, 0.6) is 5.75 Å². The van der Waals surface area contributed by atoms with Crippen molar-refractivity contribution in [1.29, 1.82) is 0 Å². The van der Waals surface area contributed by atoms with Gasteiger partial charge in [0, 0.05) is 11.6 Å². The van der Waals surface area contributed by atoms with E-state index in [2.05, 4.69) is 10.5 Å². The molecule has 0 radical (unpaired) electrons. The zero-order chi connectivity index (χ0) is 11.0. The summed E-state index contributed by atoms with van der Waals surface area (Å²) in [5.41, 5.74) is 3.21. The second-order valence-corrected chi connectivity index (χ2v) is 2.30. The van der Waals surface area contributed by atoms with Gasteiger partial charge in [-0.15, -0.1) is 0 Å². The van der Waals surface area contributed by atoms with Gasteiger partial charge in [0.25, 0.3) is 0 Å². The fourth-order valence-corrected chi connectivity index (χ4v) is 0.670. The third-order valence-corrected chi connectivity index (χ3v) is 1.02. The van der Waals surface area contributed by atoms with E-state index in [4.69, 9.17) is 21.5 Å². The molecular weight excluding hydrogens is 210 g/mol. The number of halogens is 1. The summed E-state index contributed by atoms with van der Waals surface area (Å²) in [5.74, 6) is 0.461. The summed E-state index contributed by atoms with van der Waals surface area (Å²) < 4.78 is 4.54. The molecule has 0 saturated carbocycles. The van der Waals surface area contributed by atoms with Crippen LogP contribution in [-0.2, 0) is 0 Å². The molecule has 5 nitrogen and oxygen atoms in total. The first kappa shape index (κ1) is 12.2. The second kappa shape index (κ2) is 6.73. The van der Waals surface area contributed by atoms with Crippen LogP contribution in [0.15, 0.2) is 30.3 Å². The Bertz CT molecular complexity index is 297. The van der Waals surface area contributed by atoms with Crippen molar-refractivity contribution in [3.8, 4) is 5.75 Å². The smallest absolute Gasteiger partial charge is 0.409 e. The predicted octanol–water partition coefficient (Wildman–Crippen LogP) is 2.05. The molecule has 0 aromatic heterocycles. The lowest BCUT2D eigenvalue weighted by Crippen LogP contribution is -2.03. The Morgan fingerprint density at radius 3 is 2.07 bits per heavy atom. The molecule has 1 rings (SSSR count). The molecule has 1 aromatic carbocycles. The van der Waals surface area contributed by atoms with E-state index in [1.807, 2.05) is 6.07 Å². The van der Waals surface area contributed by atoms with E-state index >= 15 is 0 Å². The molecule has 0 bridgehead atoms. The minimum Gasteiger partial charge on any atom is -0.465 e. The van der Waals surface area contributed by atoms with Gasteiger partial charge in [-0.25, -0.2) is 9.59 Å². The standard InChI is InChI=1S/C7H5ClO2.CH3NO2/c8-7(9)10-6-4-2-1-3-5-6;2-1(3)4/h1-5H;2H2,(H,3,4). The van der Waals surface area contributed by atoms with Gasteiger partial charge in [-0.2, -0.15) is 0 Å². The Labute approximate surface area is 85.0 Å². The number of carbonyl (C=O) groups excluding carboxylic acids is 1. The topological polar surface area (TPSA) is 89.6 Å². The maximum Gasteiger partial charge on any atom is 0.409 e. The minimum absolute atomic E-state index is 0.461. The Hall–Kier alpha value is -1.75. The average Bonchev–Trinajstić information content (AvgIpc) is 2.03. The first-order valence-corrected chi connectivity index (χ1v) is 3.81.